The first-order valence-corrected chi connectivity index (χ1v) is 15.1. The fraction of sp³-hybridized carbons (Fsp3) is 0.471. The number of methoxy groups -OCH3 is 3. The van der Waals surface area contributed by atoms with Gasteiger partial charge in [0.15, 0.2) is 0 Å². The first-order valence-electron chi connectivity index (χ1n) is 15.1. The highest BCUT2D eigenvalue weighted by atomic mass is 16.6. The molecule has 0 radical (unpaired) electrons. The summed E-state index contributed by atoms with van der Waals surface area (Å²) < 4.78 is 51.1. The smallest absolute Gasteiger partial charge is 0.143 e. The van der Waals surface area contributed by atoms with Crippen molar-refractivity contribution in [1.82, 2.24) is 0 Å². The van der Waals surface area contributed by atoms with Crippen molar-refractivity contribution in [2.45, 2.75) is 11.7 Å². The minimum atomic E-state index is -1.02. The van der Waals surface area contributed by atoms with E-state index in [9.17, 15) is 0 Å². The van der Waals surface area contributed by atoms with Gasteiger partial charge in [-0.1, -0.05) is 59.7 Å². The van der Waals surface area contributed by atoms with Gasteiger partial charge in [0.05, 0.1) is 80.3 Å². The van der Waals surface area contributed by atoms with Crippen LogP contribution in [0.4, 0.5) is 0 Å². The van der Waals surface area contributed by atoms with E-state index in [4.69, 9.17) is 48.2 Å². The summed E-state index contributed by atoms with van der Waals surface area (Å²) in [5.41, 5.74) is 10.4. The van der Waals surface area contributed by atoms with Gasteiger partial charge >= 0.3 is 0 Å². The predicted molar refractivity (Wildman–Crippen MR) is 172 cm³/mol. The molecule has 0 fully saturated rings. The fourth-order valence-electron chi connectivity index (χ4n) is 4.65. The molecule has 46 heavy (non-hydrogen) atoms. The number of ether oxygens (including phenoxy) is 9. The van der Waals surface area contributed by atoms with Gasteiger partial charge in [-0.3, -0.25) is 0 Å². The average Bonchev–Trinajstić information content (AvgIpc) is 3.11. The second-order valence-electron chi connectivity index (χ2n) is 9.87. The average molecular weight is 640 g/mol. The van der Waals surface area contributed by atoms with E-state index < -0.39 is 11.7 Å². The summed E-state index contributed by atoms with van der Waals surface area (Å²) in [5, 5.41) is 3.48. The summed E-state index contributed by atoms with van der Waals surface area (Å²) >= 11 is 0. The van der Waals surface area contributed by atoms with Crippen molar-refractivity contribution in [3.05, 3.63) is 106 Å². The molecule has 0 amide bonds. The van der Waals surface area contributed by atoms with E-state index >= 15 is 0 Å². The zero-order valence-electron chi connectivity index (χ0n) is 26.9. The highest BCUT2D eigenvalue weighted by Gasteiger charge is 2.38. The van der Waals surface area contributed by atoms with Gasteiger partial charge in [-0.05, 0) is 46.5 Å². The maximum atomic E-state index is 8.69. The van der Waals surface area contributed by atoms with Gasteiger partial charge in [0.1, 0.15) is 29.9 Å². The normalized spacial score (nSPS) is 12.0. The minimum absolute atomic E-state index is 0.125. The Balaban J connectivity index is 1.73. The molecule has 12 heteroatoms. The zero-order valence-corrected chi connectivity index (χ0v) is 26.9. The van der Waals surface area contributed by atoms with Crippen LogP contribution in [0.2, 0.25) is 0 Å². The van der Waals surface area contributed by atoms with Gasteiger partial charge in [0, 0.05) is 12.0 Å². The number of azide groups is 1. The van der Waals surface area contributed by atoms with E-state index in [2.05, 4.69) is 10.0 Å². The van der Waals surface area contributed by atoms with E-state index in [1.54, 1.807) is 21.3 Å². The molecule has 0 aromatic heterocycles. The maximum Gasteiger partial charge on any atom is 0.143 e. The largest absolute Gasteiger partial charge is 0.497 e. The van der Waals surface area contributed by atoms with Crippen LogP contribution >= 0.6 is 0 Å². The number of hydrogen-bond acceptors (Lipinski definition) is 10. The van der Waals surface area contributed by atoms with Crippen LogP contribution in [0, 0.1) is 0 Å². The zero-order chi connectivity index (χ0) is 32.7. The van der Waals surface area contributed by atoms with E-state index in [0.717, 1.165) is 28.2 Å². The molecule has 0 N–H and O–H groups in total. The van der Waals surface area contributed by atoms with Crippen molar-refractivity contribution in [1.29, 1.82) is 0 Å². The summed E-state index contributed by atoms with van der Waals surface area (Å²) in [6.07, 6.45) is -0.502. The van der Waals surface area contributed by atoms with Crippen LogP contribution in [-0.4, -0.2) is 100 Å². The summed E-state index contributed by atoms with van der Waals surface area (Å²) in [6.45, 7) is 3.75. The van der Waals surface area contributed by atoms with E-state index in [1.807, 2.05) is 78.9 Å². The molecule has 0 spiro atoms. The minimum Gasteiger partial charge on any atom is -0.497 e. The van der Waals surface area contributed by atoms with E-state index in [-0.39, 0.29) is 19.9 Å². The Kier molecular flexibility index (Phi) is 17.5. The number of hydrogen-bond donors (Lipinski definition) is 0. The Bertz CT molecular complexity index is 1210. The first kappa shape index (κ1) is 36.8. The van der Waals surface area contributed by atoms with Gasteiger partial charge in [-0.2, -0.15) is 0 Å². The molecule has 0 saturated heterocycles. The molecule has 0 saturated carbocycles. The van der Waals surface area contributed by atoms with Crippen LogP contribution < -0.4 is 9.47 Å². The van der Waals surface area contributed by atoms with Crippen molar-refractivity contribution < 1.29 is 42.6 Å². The lowest BCUT2D eigenvalue weighted by atomic mass is 9.80. The second-order valence-corrected chi connectivity index (χ2v) is 9.87. The molecule has 3 aromatic rings. The second kappa shape index (κ2) is 21.9. The van der Waals surface area contributed by atoms with E-state index in [0.29, 0.717) is 52.9 Å². The third-order valence-electron chi connectivity index (χ3n) is 6.93. The Hall–Kier alpha value is -3.71. The molecule has 0 unspecified atom stereocenters. The molecule has 3 rings (SSSR count). The molecule has 3 aromatic carbocycles. The molecular weight excluding hydrogens is 594 g/mol. The van der Waals surface area contributed by atoms with Crippen LogP contribution in [0.15, 0.2) is 84.0 Å². The molecule has 0 heterocycles. The van der Waals surface area contributed by atoms with E-state index in [1.165, 1.54) is 0 Å². The lowest BCUT2D eigenvalue weighted by Crippen LogP contribution is -2.38. The van der Waals surface area contributed by atoms with Crippen molar-refractivity contribution >= 4 is 0 Å². The Morgan fingerprint density at radius 1 is 0.609 bits per heavy atom. The molecule has 250 valence electrons. The SMILES string of the molecule is COCCOCCOCCOCCO[C@@H](COCN=[N+]=[N-])COC(c1ccccc1)(c1ccc(OC)cc1)c1ccc(OC)cc1. The maximum absolute atomic E-state index is 8.69. The van der Waals surface area contributed by atoms with Crippen LogP contribution in [0.1, 0.15) is 16.7 Å². The Morgan fingerprint density at radius 2 is 1.11 bits per heavy atom. The van der Waals surface area contributed by atoms with Gasteiger partial charge in [0.25, 0.3) is 0 Å². The van der Waals surface area contributed by atoms with Gasteiger partial charge in [-0.25, -0.2) is 0 Å². The first-order chi connectivity index (χ1) is 22.7. The van der Waals surface area contributed by atoms with Crippen LogP contribution in [0.5, 0.6) is 11.5 Å². The third-order valence-corrected chi connectivity index (χ3v) is 6.93. The van der Waals surface area contributed by atoms with Crippen molar-refractivity contribution in [2.75, 3.05) is 94.1 Å². The summed E-state index contributed by atoms with van der Waals surface area (Å²) in [6, 6.07) is 25.6. The number of rotatable bonds is 25. The number of benzene rings is 3. The Morgan fingerprint density at radius 3 is 1.61 bits per heavy atom. The van der Waals surface area contributed by atoms with Gasteiger partial charge in [0.2, 0.25) is 0 Å². The molecule has 0 aliphatic rings. The highest BCUT2D eigenvalue weighted by Crippen LogP contribution is 2.41. The third kappa shape index (κ3) is 11.9. The van der Waals surface area contributed by atoms with Crippen molar-refractivity contribution in [3.63, 3.8) is 0 Å². The standard InChI is InChI=1S/C34H45N3O9/c1-38-17-18-41-19-20-42-21-22-43-23-24-45-33(25-44-27-36-37-35)26-46-34(28-7-5-4-6-8-28,29-9-13-31(39-2)14-10-29)30-11-15-32(40-3)16-12-30/h4-16,33H,17-27H2,1-3H3/t33-/m0/s1. The summed E-state index contributed by atoms with van der Waals surface area (Å²) in [4.78, 5) is 2.76. The predicted octanol–water partition coefficient (Wildman–Crippen LogP) is 5.38. The number of nitrogens with zero attached hydrogens (tertiary/aromatic N) is 3. The van der Waals surface area contributed by atoms with Crippen LogP contribution in [0.3, 0.4) is 0 Å². The summed E-state index contributed by atoms with van der Waals surface area (Å²) in [5.74, 6) is 1.46. The van der Waals surface area contributed by atoms with Gasteiger partial charge in [-0.15, -0.1) is 0 Å². The monoisotopic (exact) mass is 639 g/mol. The van der Waals surface area contributed by atoms with Gasteiger partial charge < -0.3 is 42.6 Å². The molecular formula is C34H45N3O9. The Labute approximate surface area is 271 Å². The lowest BCUT2D eigenvalue weighted by molar-refractivity contribution is -0.101. The van der Waals surface area contributed by atoms with Crippen LogP contribution in [-0.2, 0) is 38.8 Å². The quantitative estimate of drug-likeness (QED) is 0.0394. The van der Waals surface area contributed by atoms with Crippen LogP contribution in [0.25, 0.3) is 10.4 Å². The fourth-order valence-corrected chi connectivity index (χ4v) is 4.65. The molecule has 12 nitrogen and oxygen atoms in total. The highest BCUT2D eigenvalue weighted by molar-refractivity contribution is 5.49. The van der Waals surface area contributed by atoms with Crippen molar-refractivity contribution in [2.24, 2.45) is 5.11 Å². The summed E-state index contributed by atoms with van der Waals surface area (Å²) in [7, 11) is 4.90. The van der Waals surface area contributed by atoms with Crippen molar-refractivity contribution in [3.8, 4) is 11.5 Å². The molecule has 0 aliphatic heterocycles. The lowest BCUT2D eigenvalue weighted by Gasteiger charge is -2.37. The molecule has 1 atom stereocenters. The topological polar surface area (TPSA) is 132 Å². The molecule has 0 aliphatic carbocycles. The molecule has 0 bridgehead atoms.